The number of rotatable bonds is 46. The van der Waals surface area contributed by atoms with E-state index in [1.54, 1.807) is 6.08 Å². The maximum Gasteiger partial charge on any atom is 0.472 e. The van der Waals surface area contributed by atoms with Crippen LogP contribution in [0.3, 0.4) is 0 Å². The number of phosphoric acid groups is 1. The van der Waals surface area contributed by atoms with Gasteiger partial charge in [-0.05, 0) is 77.0 Å². The molecule has 0 spiro atoms. The number of aliphatic hydroxyl groups is 1. The number of amides is 1. The van der Waals surface area contributed by atoms with E-state index in [9.17, 15) is 19.4 Å². The molecule has 3 atom stereocenters. The van der Waals surface area contributed by atoms with Crippen LogP contribution in [-0.2, 0) is 18.4 Å². The first-order chi connectivity index (χ1) is 30.0. The Kier molecular flexibility index (Phi) is 43.1. The molecule has 0 aromatic heterocycles. The number of aliphatic hydroxyl groups excluding tert-OH is 1. The van der Waals surface area contributed by atoms with Crippen LogP contribution in [0.5, 0.6) is 0 Å². The van der Waals surface area contributed by atoms with Crippen LogP contribution in [0.15, 0.2) is 60.8 Å². The molecule has 0 aliphatic heterocycles. The lowest BCUT2D eigenvalue weighted by atomic mass is 10.0. The third-order valence-corrected chi connectivity index (χ3v) is 12.2. The lowest BCUT2D eigenvalue weighted by Gasteiger charge is -2.25. The maximum atomic E-state index is 12.9. The van der Waals surface area contributed by atoms with Crippen LogP contribution in [0.1, 0.15) is 219 Å². The lowest BCUT2D eigenvalue weighted by molar-refractivity contribution is -0.870. The molecule has 0 aromatic rings. The van der Waals surface area contributed by atoms with Crippen molar-refractivity contribution in [2.45, 2.75) is 231 Å². The summed E-state index contributed by atoms with van der Waals surface area (Å²) in [4.78, 5) is 23.2. The van der Waals surface area contributed by atoms with Crippen molar-refractivity contribution in [2.75, 3.05) is 40.9 Å². The van der Waals surface area contributed by atoms with Crippen LogP contribution in [-0.4, -0.2) is 73.4 Å². The third kappa shape index (κ3) is 46.2. The summed E-state index contributed by atoms with van der Waals surface area (Å²) in [6.07, 6.45) is 58.8. The van der Waals surface area contributed by atoms with Crippen LogP contribution >= 0.6 is 7.82 Å². The second-order valence-corrected chi connectivity index (χ2v) is 20.0. The van der Waals surface area contributed by atoms with Crippen molar-refractivity contribution in [2.24, 2.45) is 0 Å². The number of carbonyl (C=O) groups is 1. The minimum absolute atomic E-state index is 0.0486. The SMILES string of the molecule is CCCCC/C=C\C/C=C\CCCCCCCC(=O)NC(COP(=O)(O)OCC[N+](C)(C)C)C(O)/C=C/CC/C=C/CC/C=C/CCCCCCCCCCCCCCCCC. The molecule has 62 heavy (non-hydrogen) atoms. The maximum absolute atomic E-state index is 12.9. The molecule has 0 saturated heterocycles. The Balaban J connectivity index is 4.38. The second kappa shape index (κ2) is 44.4. The number of phosphoric ester groups is 1. The number of nitrogens with zero attached hydrogens (tertiary/aromatic N) is 1. The van der Waals surface area contributed by atoms with Gasteiger partial charge < -0.3 is 19.8 Å². The third-order valence-electron chi connectivity index (χ3n) is 11.2. The summed E-state index contributed by atoms with van der Waals surface area (Å²) in [7, 11) is 1.53. The number of quaternary nitrogens is 1. The highest BCUT2D eigenvalue weighted by molar-refractivity contribution is 7.47. The molecule has 0 heterocycles. The zero-order valence-corrected chi connectivity index (χ0v) is 42.0. The number of nitrogens with one attached hydrogen (secondary N) is 1. The molecule has 3 unspecified atom stereocenters. The van der Waals surface area contributed by atoms with Gasteiger partial charge in [-0.2, -0.15) is 0 Å². The van der Waals surface area contributed by atoms with Crippen molar-refractivity contribution in [3.63, 3.8) is 0 Å². The van der Waals surface area contributed by atoms with Crippen molar-refractivity contribution in [1.29, 1.82) is 0 Å². The first kappa shape index (κ1) is 60.2. The molecule has 0 fully saturated rings. The van der Waals surface area contributed by atoms with Gasteiger partial charge in [-0.15, -0.1) is 0 Å². The van der Waals surface area contributed by atoms with E-state index in [-0.39, 0.29) is 19.1 Å². The van der Waals surface area contributed by atoms with Gasteiger partial charge in [0.15, 0.2) is 0 Å². The van der Waals surface area contributed by atoms with E-state index in [4.69, 9.17) is 9.05 Å². The normalized spacial score (nSPS) is 14.6. The van der Waals surface area contributed by atoms with Gasteiger partial charge in [0.2, 0.25) is 5.91 Å². The number of allylic oxidation sites excluding steroid dienone is 9. The molecule has 3 N–H and O–H groups in total. The van der Waals surface area contributed by atoms with E-state index in [0.717, 1.165) is 70.6 Å². The molecule has 0 rings (SSSR count). The highest BCUT2D eigenvalue weighted by Gasteiger charge is 2.27. The van der Waals surface area contributed by atoms with Gasteiger partial charge >= 0.3 is 7.82 Å². The molecule has 0 aliphatic carbocycles. The number of hydrogen-bond donors (Lipinski definition) is 3. The summed E-state index contributed by atoms with van der Waals surface area (Å²) in [6.45, 7) is 4.75. The smallest absolute Gasteiger partial charge is 0.387 e. The topological polar surface area (TPSA) is 105 Å². The zero-order valence-electron chi connectivity index (χ0n) is 41.1. The van der Waals surface area contributed by atoms with Gasteiger partial charge in [-0.1, -0.05) is 197 Å². The summed E-state index contributed by atoms with van der Waals surface area (Å²) < 4.78 is 23.6. The van der Waals surface area contributed by atoms with E-state index in [2.05, 4.69) is 67.8 Å². The van der Waals surface area contributed by atoms with E-state index >= 15 is 0 Å². The number of unbranched alkanes of at least 4 members (excludes halogenated alkanes) is 25. The lowest BCUT2D eigenvalue weighted by Crippen LogP contribution is -2.45. The van der Waals surface area contributed by atoms with Gasteiger partial charge in [-0.3, -0.25) is 13.8 Å². The van der Waals surface area contributed by atoms with Gasteiger partial charge in [-0.25, -0.2) is 4.57 Å². The summed E-state index contributed by atoms with van der Waals surface area (Å²) in [5, 5.41) is 13.8. The van der Waals surface area contributed by atoms with Crippen molar-refractivity contribution >= 4 is 13.7 Å². The molecule has 0 bridgehead atoms. The highest BCUT2D eigenvalue weighted by atomic mass is 31.2. The summed E-state index contributed by atoms with van der Waals surface area (Å²) in [6, 6.07) is -0.879. The predicted octanol–water partition coefficient (Wildman–Crippen LogP) is 15.0. The van der Waals surface area contributed by atoms with Crippen LogP contribution in [0.4, 0.5) is 0 Å². The fraction of sp³-hybridized carbons (Fsp3) is 0.792. The minimum atomic E-state index is -4.36. The van der Waals surface area contributed by atoms with Gasteiger partial charge in [0.25, 0.3) is 0 Å². The Bertz CT molecular complexity index is 1190. The molecule has 8 nitrogen and oxygen atoms in total. The Labute approximate surface area is 383 Å². The second-order valence-electron chi connectivity index (χ2n) is 18.5. The number of likely N-dealkylation sites (N-methyl/N-ethyl adjacent to an activating group) is 1. The van der Waals surface area contributed by atoms with Crippen molar-refractivity contribution in [3.8, 4) is 0 Å². The molecule has 362 valence electrons. The standard InChI is InChI=1S/C53H99N2O6P/c1-6-8-10-12-14-16-18-20-22-23-24-25-26-27-28-29-30-31-33-34-36-38-40-42-44-46-52(56)51(50-61-62(58,59)60-49-48-55(3,4)5)54-53(57)47-45-43-41-39-37-35-32-21-19-17-15-13-11-9-7-2/h15,17,21,30-32,36,38,44,46,51-52,56H,6-14,16,18-20,22-29,33-35,37,39-43,45,47-50H2,1-5H3,(H-,54,57,58,59)/p+1/b17-15-,31-30+,32-21-,38-36+,46-44+. The van der Waals surface area contributed by atoms with Crippen LogP contribution in [0.2, 0.25) is 0 Å². The number of carbonyl (C=O) groups excluding carboxylic acids is 1. The fourth-order valence-electron chi connectivity index (χ4n) is 7.10. The average Bonchev–Trinajstić information content (AvgIpc) is 3.23. The molecular formula is C53H100N2O6P+. The molecule has 0 aliphatic rings. The largest absolute Gasteiger partial charge is 0.472 e. The highest BCUT2D eigenvalue weighted by Crippen LogP contribution is 2.43. The van der Waals surface area contributed by atoms with E-state index in [1.807, 2.05) is 27.2 Å². The summed E-state index contributed by atoms with van der Waals surface area (Å²) >= 11 is 0. The number of hydrogen-bond acceptors (Lipinski definition) is 5. The Morgan fingerprint density at radius 3 is 1.42 bits per heavy atom. The monoisotopic (exact) mass is 892 g/mol. The summed E-state index contributed by atoms with van der Waals surface area (Å²) in [5.41, 5.74) is 0. The molecule has 0 aromatic carbocycles. The molecule has 0 radical (unpaired) electrons. The predicted molar refractivity (Wildman–Crippen MR) is 267 cm³/mol. The van der Waals surface area contributed by atoms with Crippen molar-refractivity contribution < 1.29 is 32.9 Å². The molecular weight excluding hydrogens is 792 g/mol. The van der Waals surface area contributed by atoms with Gasteiger partial charge in [0.05, 0.1) is 39.9 Å². The van der Waals surface area contributed by atoms with E-state index in [1.165, 1.54) is 128 Å². The van der Waals surface area contributed by atoms with Crippen LogP contribution in [0.25, 0.3) is 0 Å². The quantitative estimate of drug-likeness (QED) is 0.0243. The average molecular weight is 892 g/mol. The Hall–Kier alpha value is -1.80. The van der Waals surface area contributed by atoms with E-state index in [0.29, 0.717) is 17.4 Å². The first-order valence-electron chi connectivity index (χ1n) is 25.7. The van der Waals surface area contributed by atoms with Crippen LogP contribution < -0.4 is 5.32 Å². The van der Waals surface area contributed by atoms with E-state index < -0.39 is 20.0 Å². The van der Waals surface area contributed by atoms with Crippen LogP contribution in [0, 0.1) is 0 Å². The summed E-state index contributed by atoms with van der Waals surface area (Å²) in [5.74, 6) is -0.206. The molecule has 9 heteroatoms. The zero-order chi connectivity index (χ0) is 45.7. The Morgan fingerprint density at radius 1 is 0.548 bits per heavy atom. The fourth-order valence-corrected chi connectivity index (χ4v) is 7.84. The van der Waals surface area contributed by atoms with Crippen molar-refractivity contribution in [1.82, 2.24) is 5.32 Å². The van der Waals surface area contributed by atoms with Gasteiger partial charge in [0, 0.05) is 6.42 Å². The molecule has 1 amide bonds. The Morgan fingerprint density at radius 2 is 0.935 bits per heavy atom. The van der Waals surface area contributed by atoms with Crippen molar-refractivity contribution in [3.05, 3.63) is 60.8 Å². The molecule has 0 saturated carbocycles. The first-order valence-corrected chi connectivity index (χ1v) is 27.2. The van der Waals surface area contributed by atoms with Gasteiger partial charge in [0.1, 0.15) is 13.2 Å². The minimum Gasteiger partial charge on any atom is -0.387 e.